The van der Waals surface area contributed by atoms with Crippen molar-refractivity contribution in [3.63, 3.8) is 0 Å². The Morgan fingerprint density at radius 3 is 2.32 bits per heavy atom. The van der Waals surface area contributed by atoms with E-state index in [1.165, 1.54) is 0 Å². The summed E-state index contributed by atoms with van der Waals surface area (Å²) in [5, 5.41) is 0. The van der Waals surface area contributed by atoms with E-state index in [9.17, 15) is 21.6 Å². The molecule has 0 atom stereocenters. The maximum Gasteiger partial charge on any atom is 0.390 e. The smallest absolute Gasteiger partial charge is 0.390 e. The first-order chi connectivity index (χ1) is 11.7. The van der Waals surface area contributed by atoms with Gasteiger partial charge in [-0.15, -0.1) is 0 Å². The van der Waals surface area contributed by atoms with Gasteiger partial charge in [-0.2, -0.15) is 13.2 Å². The maximum absolute atomic E-state index is 12.1. The monoisotopic (exact) mass is 373 g/mol. The second kappa shape index (κ2) is 8.35. The minimum Gasteiger partial charge on any atom is -0.489 e. The highest BCUT2D eigenvalue weighted by atomic mass is 32.2. The Bertz CT molecular complexity index is 777. The third-order valence-electron chi connectivity index (χ3n) is 3.29. The normalized spacial score (nSPS) is 12.1. The lowest BCUT2D eigenvalue weighted by atomic mass is 10.1. The molecule has 0 aliphatic heterocycles. The minimum atomic E-state index is -4.50. The van der Waals surface area contributed by atoms with Gasteiger partial charge in [0.1, 0.15) is 12.4 Å². The summed E-state index contributed by atoms with van der Waals surface area (Å²) >= 11 is 0. The van der Waals surface area contributed by atoms with Gasteiger partial charge in [-0.3, -0.25) is 0 Å². The SMILES string of the molecule is O=S(=O)(CCC(F)(F)F)NCc1cccc(COc2ccccc2)c1. The highest BCUT2D eigenvalue weighted by molar-refractivity contribution is 7.89. The van der Waals surface area contributed by atoms with Crippen molar-refractivity contribution in [2.75, 3.05) is 5.75 Å². The fourth-order valence-electron chi connectivity index (χ4n) is 2.03. The summed E-state index contributed by atoms with van der Waals surface area (Å²) < 4.78 is 67.4. The van der Waals surface area contributed by atoms with Gasteiger partial charge >= 0.3 is 6.18 Å². The van der Waals surface area contributed by atoms with Gasteiger partial charge in [-0.25, -0.2) is 13.1 Å². The molecule has 25 heavy (non-hydrogen) atoms. The third kappa shape index (κ3) is 7.57. The first-order valence-corrected chi connectivity index (χ1v) is 9.18. The van der Waals surface area contributed by atoms with E-state index in [-0.39, 0.29) is 6.54 Å². The summed E-state index contributed by atoms with van der Waals surface area (Å²) in [5.74, 6) is -0.270. The second-order valence-electron chi connectivity index (χ2n) is 5.43. The highest BCUT2D eigenvalue weighted by Gasteiger charge is 2.29. The van der Waals surface area contributed by atoms with E-state index in [4.69, 9.17) is 4.74 Å². The molecule has 136 valence electrons. The standard InChI is InChI=1S/C17H18F3NO3S/c18-17(19,20)9-10-25(22,23)21-12-14-5-4-6-15(11-14)13-24-16-7-2-1-3-8-16/h1-8,11,21H,9-10,12-13H2. The molecule has 0 saturated heterocycles. The number of benzene rings is 2. The van der Waals surface area contributed by atoms with Crippen LogP contribution in [0.5, 0.6) is 5.75 Å². The summed E-state index contributed by atoms with van der Waals surface area (Å²) in [7, 11) is -3.98. The average molecular weight is 373 g/mol. The molecule has 0 bridgehead atoms. The van der Waals surface area contributed by atoms with Crippen molar-refractivity contribution in [2.45, 2.75) is 25.7 Å². The molecule has 0 heterocycles. The first kappa shape index (κ1) is 19.3. The van der Waals surface area contributed by atoms with E-state index in [0.717, 1.165) is 5.56 Å². The van der Waals surface area contributed by atoms with Crippen LogP contribution in [-0.4, -0.2) is 20.3 Å². The molecule has 0 radical (unpaired) electrons. The number of para-hydroxylation sites is 1. The fourth-order valence-corrected chi connectivity index (χ4v) is 3.06. The molecular formula is C17H18F3NO3S. The summed E-state index contributed by atoms with van der Waals surface area (Å²) in [5.41, 5.74) is 1.47. The van der Waals surface area contributed by atoms with Crippen LogP contribution >= 0.6 is 0 Å². The van der Waals surface area contributed by atoms with E-state index in [0.29, 0.717) is 17.9 Å². The Labute approximate surface area is 144 Å². The zero-order valence-electron chi connectivity index (χ0n) is 13.3. The molecular weight excluding hydrogens is 355 g/mol. The van der Waals surface area contributed by atoms with Crippen molar-refractivity contribution in [2.24, 2.45) is 0 Å². The minimum absolute atomic E-state index is 0.0701. The highest BCUT2D eigenvalue weighted by Crippen LogP contribution is 2.20. The molecule has 1 N–H and O–H groups in total. The number of ether oxygens (including phenoxy) is 1. The van der Waals surface area contributed by atoms with E-state index in [1.54, 1.807) is 18.2 Å². The zero-order chi connectivity index (χ0) is 18.3. The Morgan fingerprint density at radius 1 is 0.960 bits per heavy atom. The molecule has 0 aromatic heterocycles. The molecule has 0 aliphatic carbocycles. The molecule has 0 unspecified atom stereocenters. The van der Waals surface area contributed by atoms with Crippen LogP contribution in [-0.2, 0) is 23.2 Å². The van der Waals surface area contributed by atoms with E-state index < -0.39 is 28.4 Å². The van der Waals surface area contributed by atoms with E-state index in [1.807, 2.05) is 36.4 Å². The van der Waals surface area contributed by atoms with E-state index >= 15 is 0 Å². The topological polar surface area (TPSA) is 55.4 Å². The van der Waals surface area contributed by atoms with Crippen molar-refractivity contribution < 1.29 is 26.3 Å². The predicted octanol–water partition coefficient (Wildman–Crippen LogP) is 3.64. The number of hydrogen-bond donors (Lipinski definition) is 1. The quantitative estimate of drug-likeness (QED) is 0.769. The van der Waals surface area contributed by atoms with Gasteiger partial charge in [0.05, 0.1) is 12.2 Å². The molecule has 0 saturated carbocycles. The second-order valence-corrected chi connectivity index (χ2v) is 7.35. The fraction of sp³-hybridized carbons (Fsp3) is 0.294. The van der Waals surface area contributed by atoms with Gasteiger partial charge in [0.25, 0.3) is 0 Å². The molecule has 2 aromatic rings. The largest absolute Gasteiger partial charge is 0.489 e. The van der Waals surface area contributed by atoms with Crippen LogP contribution in [0.2, 0.25) is 0 Å². The average Bonchev–Trinajstić information content (AvgIpc) is 2.58. The lowest BCUT2D eigenvalue weighted by molar-refractivity contribution is -0.129. The van der Waals surface area contributed by atoms with E-state index in [2.05, 4.69) is 4.72 Å². The number of hydrogen-bond acceptors (Lipinski definition) is 3. The van der Waals surface area contributed by atoms with Crippen LogP contribution in [0.4, 0.5) is 13.2 Å². The Hall–Kier alpha value is -2.06. The number of sulfonamides is 1. The van der Waals surface area contributed by atoms with Crippen LogP contribution in [0, 0.1) is 0 Å². The van der Waals surface area contributed by atoms with Gasteiger partial charge in [0, 0.05) is 6.54 Å². The Balaban J connectivity index is 1.88. The molecule has 4 nitrogen and oxygen atoms in total. The van der Waals surface area contributed by atoms with Crippen LogP contribution in [0.15, 0.2) is 54.6 Å². The first-order valence-electron chi connectivity index (χ1n) is 7.53. The van der Waals surface area contributed by atoms with Gasteiger partial charge in [0.2, 0.25) is 10.0 Å². The summed E-state index contributed by atoms with van der Waals surface area (Å²) in [6, 6.07) is 16.2. The van der Waals surface area contributed by atoms with Gasteiger partial charge in [-0.1, -0.05) is 42.5 Å². The summed E-state index contributed by atoms with van der Waals surface area (Å²) in [4.78, 5) is 0. The molecule has 2 aromatic carbocycles. The maximum atomic E-state index is 12.1. The lowest BCUT2D eigenvalue weighted by Gasteiger charge is -2.10. The number of halogens is 3. The lowest BCUT2D eigenvalue weighted by Crippen LogP contribution is -2.28. The molecule has 0 spiro atoms. The van der Waals surface area contributed by atoms with Crippen LogP contribution in [0.3, 0.4) is 0 Å². The van der Waals surface area contributed by atoms with Crippen molar-refractivity contribution in [3.8, 4) is 5.75 Å². The van der Waals surface area contributed by atoms with Crippen molar-refractivity contribution in [1.29, 1.82) is 0 Å². The zero-order valence-corrected chi connectivity index (χ0v) is 14.1. The van der Waals surface area contributed by atoms with Gasteiger partial charge in [0.15, 0.2) is 0 Å². The number of rotatable bonds is 8. The predicted molar refractivity (Wildman–Crippen MR) is 88.5 cm³/mol. The van der Waals surface area contributed by atoms with Crippen LogP contribution in [0.25, 0.3) is 0 Å². The summed E-state index contributed by atoms with van der Waals surface area (Å²) in [6.45, 7) is 0.234. The van der Waals surface area contributed by atoms with Gasteiger partial charge in [-0.05, 0) is 23.3 Å². The van der Waals surface area contributed by atoms with Crippen LogP contribution < -0.4 is 9.46 Å². The number of alkyl halides is 3. The summed E-state index contributed by atoms with van der Waals surface area (Å²) in [6.07, 6.45) is -5.86. The number of nitrogens with one attached hydrogen (secondary N) is 1. The molecule has 0 aliphatic rings. The molecule has 2 rings (SSSR count). The molecule has 8 heteroatoms. The van der Waals surface area contributed by atoms with Crippen molar-refractivity contribution >= 4 is 10.0 Å². The van der Waals surface area contributed by atoms with Gasteiger partial charge < -0.3 is 4.74 Å². The van der Waals surface area contributed by atoms with Crippen LogP contribution in [0.1, 0.15) is 17.5 Å². The molecule has 0 amide bonds. The Morgan fingerprint density at radius 2 is 1.64 bits per heavy atom. The molecule has 0 fully saturated rings. The Kier molecular flexibility index (Phi) is 6.44. The van der Waals surface area contributed by atoms with Crippen molar-refractivity contribution in [3.05, 3.63) is 65.7 Å². The third-order valence-corrected chi connectivity index (χ3v) is 4.62. The van der Waals surface area contributed by atoms with Crippen molar-refractivity contribution in [1.82, 2.24) is 4.72 Å².